The molecule has 5 heteroatoms. The molecule has 0 spiro atoms. The van der Waals surface area contributed by atoms with E-state index in [4.69, 9.17) is 4.99 Å². The van der Waals surface area contributed by atoms with Crippen molar-refractivity contribution >= 4 is 34.1 Å². The molecule has 4 rings (SSSR count). The summed E-state index contributed by atoms with van der Waals surface area (Å²) in [7, 11) is 0. The van der Waals surface area contributed by atoms with E-state index in [1.165, 1.54) is 29.7 Å². The number of carbonyl (C=O) groups is 1. The number of hydrogen-bond acceptors (Lipinski definition) is 4. The molecule has 0 atom stereocenters. The fourth-order valence-electron chi connectivity index (χ4n) is 3.87. The minimum absolute atomic E-state index is 0.0555. The monoisotopic (exact) mass is 417 g/mol. The molecule has 2 heterocycles. The molecule has 0 saturated heterocycles. The van der Waals surface area contributed by atoms with E-state index in [0.717, 1.165) is 52.2 Å². The van der Waals surface area contributed by atoms with E-state index in [0.29, 0.717) is 0 Å². The first-order valence-electron chi connectivity index (χ1n) is 10.6. The van der Waals surface area contributed by atoms with E-state index in [1.54, 1.807) is 29.9 Å². The number of hydrogen-bond donors (Lipinski definition) is 1. The van der Waals surface area contributed by atoms with Gasteiger partial charge in [-0.1, -0.05) is 31.0 Å². The second kappa shape index (κ2) is 9.35. The van der Waals surface area contributed by atoms with Crippen molar-refractivity contribution in [1.29, 1.82) is 0 Å². The van der Waals surface area contributed by atoms with Crippen LogP contribution < -0.4 is 5.32 Å². The Bertz CT molecular complexity index is 1070. The summed E-state index contributed by atoms with van der Waals surface area (Å²) < 4.78 is 0. The maximum absolute atomic E-state index is 13.5. The van der Waals surface area contributed by atoms with Crippen molar-refractivity contribution in [2.45, 2.75) is 52.4 Å². The molecule has 0 radical (unpaired) electrons. The Morgan fingerprint density at radius 1 is 1.13 bits per heavy atom. The van der Waals surface area contributed by atoms with Crippen LogP contribution in [0.2, 0.25) is 0 Å². The number of thiophene rings is 1. The Labute approximate surface area is 182 Å². The number of rotatable bonds is 4. The summed E-state index contributed by atoms with van der Waals surface area (Å²) in [5, 5.41) is 3.96. The van der Waals surface area contributed by atoms with E-state index in [9.17, 15) is 4.79 Å². The number of anilines is 1. The smallest absolute Gasteiger partial charge is 0.259 e. The van der Waals surface area contributed by atoms with Gasteiger partial charge in [0.05, 0.1) is 5.56 Å². The molecule has 0 bridgehead atoms. The number of aryl methyl sites for hydroxylation is 3. The van der Waals surface area contributed by atoms with Crippen LogP contribution in [0.3, 0.4) is 0 Å². The van der Waals surface area contributed by atoms with Gasteiger partial charge >= 0.3 is 0 Å². The largest absolute Gasteiger partial charge is 0.322 e. The first-order chi connectivity index (χ1) is 14.6. The van der Waals surface area contributed by atoms with Crippen molar-refractivity contribution in [2.24, 2.45) is 4.99 Å². The number of carbonyl (C=O) groups excluding carboxylic acids is 1. The first-order valence-corrected chi connectivity index (χ1v) is 11.4. The summed E-state index contributed by atoms with van der Waals surface area (Å²) in [6, 6.07) is 10.0. The number of benzene rings is 1. The van der Waals surface area contributed by atoms with Gasteiger partial charge in [-0.2, -0.15) is 0 Å². The maximum Gasteiger partial charge on any atom is 0.259 e. The lowest BCUT2D eigenvalue weighted by atomic mass is 9.96. The average molecular weight is 418 g/mol. The predicted molar refractivity (Wildman–Crippen MR) is 126 cm³/mol. The molecule has 0 saturated carbocycles. The average Bonchev–Trinajstić information content (AvgIpc) is 3.06. The van der Waals surface area contributed by atoms with Crippen molar-refractivity contribution in [3.05, 3.63) is 75.4 Å². The van der Waals surface area contributed by atoms with Crippen molar-refractivity contribution < 1.29 is 4.79 Å². The van der Waals surface area contributed by atoms with E-state index >= 15 is 0 Å². The SMILES string of the molecule is Cc1ccc(C)c(NC(=O)c2c(N=Cc3cccnc3)sc3c2CCCCCC3)c1. The molecule has 2 aromatic heterocycles. The number of aliphatic imine (C=N–C) groups is 1. The molecule has 1 N–H and O–H groups in total. The molecule has 0 aliphatic heterocycles. The number of amides is 1. The van der Waals surface area contributed by atoms with Gasteiger partial charge in [-0.05, 0) is 68.4 Å². The quantitative estimate of drug-likeness (QED) is 0.498. The van der Waals surface area contributed by atoms with Crippen molar-refractivity contribution in [1.82, 2.24) is 4.98 Å². The third-order valence-corrected chi connectivity index (χ3v) is 6.74. The zero-order valence-electron chi connectivity index (χ0n) is 17.6. The normalized spacial score (nSPS) is 14.2. The number of fused-ring (bicyclic) bond motifs is 1. The summed E-state index contributed by atoms with van der Waals surface area (Å²) in [5.41, 5.74) is 5.94. The summed E-state index contributed by atoms with van der Waals surface area (Å²) in [4.78, 5) is 23.7. The highest BCUT2D eigenvalue weighted by molar-refractivity contribution is 7.16. The van der Waals surface area contributed by atoms with Crippen LogP contribution in [0, 0.1) is 13.8 Å². The lowest BCUT2D eigenvalue weighted by Crippen LogP contribution is -2.15. The standard InChI is InChI=1S/C25H27N3OS/c1-17-11-12-18(2)21(14-17)28-24(29)23-20-9-5-3-4-6-10-22(20)30-25(23)27-16-19-8-7-13-26-15-19/h7-8,11-16H,3-6,9-10H2,1-2H3,(H,28,29). The zero-order valence-corrected chi connectivity index (χ0v) is 18.4. The van der Waals surface area contributed by atoms with E-state index < -0.39 is 0 Å². The Kier molecular flexibility index (Phi) is 6.38. The molecular formula is C25H27N3OS. The van der Waals surface area contributed by atoms with Gasteiger partial charge in [0.25, 0.3) is 5.91 Å². The highest BCUT2D eigenvalue weighted by Gasteiger charge is 2.24. The third kappa shape index (κ3) is 4.68. The Balaban J connectivity index is 1.72. The lowest BCUT2D eigenvalue weighted by Gasteiger charge is -2.13. The van der Waals surface area contributed by atoms with Crippen LogP contribution in [0.1, 0.15) is 63.2 Å². The van der Waals surface area contributed by atoms with Gasteiger partial charge in [-0.3, -0.25) is 9.78 Å². The second-order valence-electron chi connectivity index (χ2n) is 7.92. The molecule has 4 nitrogen and oxygen atoms in total. The topological polar surface area (TPSA) is 54.4 Å². The number of nitrogens with one attached hydrogen (secondary N) is 1. The van der Waals surface area contributed by atoms with Gasteiger partial charge in [-0.25, -0.2) is 4.99 Å². The van der Waals surface area contributed by atoms with Gasteiger partial charge in [-0.15, -0.1) is 11.3 Å². The molecule has 1 aliphatic carbocycles. The van der Waals surface area contributed by atoms with Crippen molar-refractivity contribution in [2.75, 3.05) is 5.32 Å². The molecule has 1 aromatic carbocycles. The van der Waals surface area contributed by atoms with Crippen LogP contribution in [0.15, 0.2) is 47.7 Å². The third-order valence-electron chi connectivity index (χ3n) is 5.54. The fraction of sp³-hybridized carbons (Fsp3) is 0.320. The minimum atomic E-state index is -0.0555. The van der Waals surface area contributed by atoms with E-state index in [2.05, 4.69) is 16.4 Å². The Morgan fingerprint density at radius 3 is 2.77 bits per heavy atom. The van der Waals surface area contributed by atoms with Crippen LogP contribution >= 0.6 is 11.3 Å². The van der Waals surface area contributed by atoms with Crippen molar-refractivity contribution in [3.63, 3.8) is 0 Å². The van der Waals surface area contributed by atoms with Gasteiger partial charge in [0.2, 0.25) is 0 Å². The van der Waals surface area contributed by atoms with E-state index in [-0.39, 0.29) is 5.91 Å². The maximum atomic E-state index is 13.5. The van der Waals surface area contributed by atoms with Gasteiger partial charge in [0.15, 0.2) is 0 Å². The zero-order chi connectivity index (χ0) is 20.9. The van der Waals surface area contributed by atoms with Crippen LogP contribution in [0.4, 0.5) is 10.7 Å². The first kappa shape index (κ1) is 20.5. The van der Waals surface area contributed by atoms with Crippen LogP contribution in [0.5, 0.6) is 0 Å². The van der Waals surface area contributed by atoms with Gasteiger partial charge in [0.1, 0.15) is 5.00 Å². The minimum Gasteiger partial charge on any atom is -0.322 e. The van der Waals surface area contributed by atoms with Gasteiger partial charge in [0, 0.05) is 34.7 Å². The molecule has 1 amide bonds. The van der Waals surface area contributed by atoms with E-state index in [1.807, 2.05) is 38.1 Å². The summed E-state index contributed by atoms with van der Waals surface area (Å²) in [5.74, 6) is -0.0555. The highest BCUT2D eigenvalue weighted by Crippen LogP contribution is 2.39. The number of pyridine rings is 1. The lowest BCUT2D eigenvalue weighted by molar-refractivity contribution is 0.102. The van der Waals surface area contributed by atoms with Crippen LogP contribution in [-0.4, -0.2) is 17.1 Å². The Morgan fingerprint density at radius 2 is 1.97 bits per heavy atom. The molecule has 0 fully saturated rings. The molecule has 1 aliphatic rings. The summed E-state index contributed by atoms with van der Waals surface area (Å²) in [6.45, 7) is 4.06. The molecule has 154 valence electrons. The van der Waals surface area contributed by atoms with Gasteiger partial charge < -0.3 is 5.32 Å². The van der Waals surface area contributed by atoms with Crippen molar-refractivity contribution in [3.8, 4) is 0 Å². The summed E-state index contributed by atoms with van der Waals surface area (Å²) in [6.07, 6.45) is 12.1. The molecule has 30 heavy (non-hydrogen) atoms. The molecule has 3 aromatic rings. The molecule has 0 unspecified atom stereocenters. The number of nitrogens with zero attached hydrogens (tertiary/aromatic N) is 2. The predicted octanol–water partition coefficient (Wildman–Crippen LogP) is 6.42. The highest BCUT2D eigenvalue weighted by atomic mass is 32.1. The van der Waals surface area contributed by atoms with Crippen LogP contribution in [-0.2, 0) is 12.8 Å². The fourth-order valence-corrected chi connectivity index (χ4v) is 5.10. The summed E-state index contributed by atoms with van der Waals surface area (Å²) >= 11 is 1.67. The number of aromatic nitrogens is 1. The Hall–Kier alpha value is -2.79. The molecular weight excluding hydrogens is 390 g/mol. The van der Waals surface area contributed by atoms with Crippen LogP contribution in [0.25, 0.3) is 0 Å². The second-order valence-corrected chi connectivity index (χ2v) is 9.00.